The lowest BCUT2D eigenvalue weighted by Gasteiger charge is -2.22. The Kier molecular flexibility index (Phi) is 6.60. The first kappa shape index (κ1) is 16.4. The second-order valence-electron chi connectivity index (χ2n) is 6.20. The predicted molar refractivity (Wildman–Crippen MR) is 104 cm³/mol. The number of hydrogen-bond donors (Lipinski definition) is 0. The minimum atomic E-state index is 0.854. The molecule has 2 aliphatic rings. The van der Waals surface area contributed by atoms with Crippen LogP contribution in [0.2, 0.25) is 0 Å². The van der Waals surface area contributed by atoms with Crippen LogP contribution in [0.5, 0.6) is 0 Å². The van der Waals surface area contributed by atoms with Gasteiger partial charge in [-0.05, 0) is 60.4 Å². The Morgan fingerprint density at radius 1 is 0.810 bits per heavy atom. The van der Waals surface area contributed by atoms with Gasteiger partial charge >= 0.3 is 0 Å². The minimum Gasteiger partial charge on any atom is -0.256 e. The van der Waals surface area contributed by atoms with Crippen molar-refractivity contribution in [3.8, 4) is 0 Å². The molecule has 0 N–H and O–H groups in total. The Hall–Kier alpha value is 0.580. The van der Waals surface area contributed by atoms with Gasteiger partial charge < -0.3 is 0 Å². The Bertz CT molecular complexity index is 428. The molecule has 116 valence electrons. The maximum atomic E-state index is 4.89. The number of halogens is 1. The average Bonchev–Trinajstić information content (AvgIpc) is 2.50. The molecule has 0 saturated heterocycles. The van der Waals surface area contributed by atoms with E-state index in [1.807, 2.05) is 0 Å². The van der Waals surface area contributed by atoms with E-state index >= 15 is 0 Å². The fraction of sp³-hybridized carbons (Fsp3) is 0.706. The first-order valence-electron chi connectivity index (χ1n) is 8.18. The fourth-order valence-electron chi connectivity index (χ4n) is 3.25. The molecule has 21 heavy (non-hydrogen) atoms. The van der Waals surface area contributed by atoms with Crippen molar-refractivity contribution >= 4 is 46.1 Å². The topological polar surface area (TPSA) is 12.9 Å². The third-order valence-corrected chi connectivity index (χ3v) is 7.88. The lowest BCUT2D eigenvalue weighted by Crippen LogP contribution is -2.11. The number of nitrogens with zero attached hydrogens (tertiary/aromatic N) is 1. The van der Waals surface area contributed by atoms with Gasteiger partial charge in [-0.3, -0.25) is 4.98 Å². The summed E-state index contributed by atoms with van der Waals surface area (Å²) in [7, 11) is 0. The summed E-state index contributed by atoms with van der Waals surface area (Å²) in [6.07, 6.45) is 11.4. The zero-order valence-electron chi connectivity index (χ0n) is 12.5. The summed E-state index contributed by atoms with van der Waals surface area (Å²) >= 11 is 6.77. The number of rotatable bonds is 0. The van der Waals surface area contributed by atoms with E-state index in [2.05, 4.69) is 58.2 Å². The standard InChI is InChI=1S/C17H24INS2/c18-13-9-14-11-20-16-5-3-1-2-4-6-17(8-7-16)21-12-15(10-13)19-14/h9-10,16-17H,1-8,11-12H2. The molecule has 2 heterocycles. The van der Waals surface area contributed by atoms with Crippen molar-refractivity contribution in [2.45, 2.75) is 73.4 Å². The highest BCUT2D eigenvalue weighted by Gasteiger charge is 2.18. The molecule has 1 aromatic heterocycles. The molecule has 0 aromatic carbocycles. The van der Waals surface area contributed by atoms with Gasteiger partial charge in [0.25, 0.3) is 0 Å². The van der Waals surface area contributed by atoms with Crippen LogP contribution in [0.1, 0.15) is 62.8 Å². The van der Waals surface area contributed by atoms with Crippen LogP contribution >= 0.6 is 46.1 Å². The highest BCUT2D eigenvalue weighted by Crippen LogP contribution is 2.34. The quantitative estimate of drug-likeness (QED) is 0.463. The van der Waals surface area contributed by atoms with Crippen LogP contribution < -0.4 is 0 Å². The van der Waals surface area contributed by atoms with E-state index in [0.29, 0.717) is 0 Å². The minimum absolute atomic E-state index is 0.854. The first-order chi connectivity index (χ1) is 10.3. The Morgan fingerprint density at radius 2 is 1.33 bits per heavy atom. The van der Waals surface area contributed by atoms with Crippen LogP contribution in [-0.4, -0.2) is 15.5 Å². The molecule has 1 aliphatic carbocycles. The van der Waals surface area contributed by atoms with Crippen LogP contribution in [0, 0.1) is 3.57 Å². The number of hydrogen-bond acceptors (Lipinski definition) is 3. The average molecular weight is 433 g/mol. The van der Waals surface area contributed by atoms with Crippen molar-refractivity contribution in [3.05, 3.63) is 27.1 Å². The van der Waals surface area contributed by atoms with Gasteiger partial charge in [0.1, 0.15) is 0 Å². The molecule has 1 fully saturated rings. The normalized spacial score (nSPS) is 27.9. The Balaban J connectivity index is 1.79. The molecule has 1 aliphatic heterocycles. The van der Waals surface area contributed by atoms with Gasteiger partial charge in [-0.2, -0.15) is 23.5 Å². The van der Waals surface area contributed by atoms with Gasteiger partial charge in [-0.25, -0.2) is 0 Å². The number of fused-ring (bicyclic) bond motifs is 5. The molecule has 4 bridgehead atoms. The van der Waals surface area contributed by atoms with E-state index in [1.165, 1.54) is 66.3 Å². The Labute approximate surface area is 151 Å². The van der Waals surface area contributed by atoms with Crippen LogP contribution in [0.15, 0.2) is 12.1 Å². The second-order valence-corrected chi connectivity index (χ2v) is 10.0. The molecular formula is C17H24INS2. The van der Waals surface area contributed by atoms with Gasteiger partial charge in [-0.15, -0.1) is 0 Å². The number of thioether (sulfide) groups is 2. The van der Waals surface area contributed by atoms with E-state index < -0.39 is 0 Å². The van der Waals surface area contributed by atoms with Gasteiger partial charge in [0.2, 0.25) is 0 Å². The van der Waals surface area contributed by atoms with E-state index in [-0.39, 0.29) is 0 Å². The SMILES string of the molecule is Ic1cc2nc(c1)CSC1CCCCCCC(CC1)SC2. The molecule has 4 heteroatoms. The van der Waals surface area contributed by atoms with Crippen LogP contribution in [0.25, 0.3) is 0 Å². The van der Waals surface area contributed by atoms with E-state index in [1.54, 1.807) is 0 Å². The third kappa shape index (κ3) is 5.31. The van der Waals surface area contributed by atoms with E-state index in [9.17, 15) is 0 Å². The zero-order valence-corrected chi connectivity index (χ0v) is 16.3. The molecule has 0 amide bonds. The van der Waals surface area contributed by atoms with Crippen molar-refractivity contribution in [2.75, 3.05) is 0 Å². The van der Waals surface area contributed by atoms with Crippen molar-refractivity contribution < 1.29 is 0 Å². The van der Waals surface area contributed by atoms with Gasteiger partial charge in [0.05, 0.1) is 11.4 Å². The monoisotopic (exact) mass is 433 g/mol. The summed E-state index contributed by atoms with van der Waals surface area (Å²) in [5.74, 6) is 2.20. The molecule has 2 unspecified atom stereocenters. The van der Waals surface area contributed by atoms with Crippen LogP contribution in [0.4, 0.5) is 0 Å². The smallest absolute Gasteiger partial charge is 0.0516 e. The summed E-state index contributed by atoms with van der Waals surface area (Å²) in [4.78, 5) is 4.89. The Morgan fingerprint density at radius 3 is 1.86 bits per heavy atom. The highest BCUT2D eigenvalue weighted by molar-refractivity contribution is 14.1. The second kappa shape index (κ2) is 8.44. The fourth-order valence-corrected chi connectivity index (χ4v) is 6.35. The van der Waals surface area contributed by atoms with Gasteiger partial charge in [-0.1, -0.05) is 25.7 Å². The summed E-state index contributed by atoms with van der Waals surface area (Å²) < 4.78 is 1.35. The summed E-state index contributed by atoms with van der Waals surface area (Å²) in [6.45, 7) is 0. The van der Waals surface area contributed by atoms with Crippen LogP contribution in [-0.2, 0) is 11.5 Å². The van der Waals surface area contributed by atoms with E-state index in [4.69, 9.17) is 4.98 Å². The number of pyridine rings is 1. The highest BCUT2D eigenvalue weighted by atomic mass is 127. The maximum Gasteiger partial charge on any atom is 0.0516 e. The lowest BCUT2D eigenvalue weighted by molar-refractivity contribution is 0.518. The van der Waals surface area contributed by atoms with Gasteiger partial charge in [0, 0.05) is 25.6 Å². The zero-order chi connectivity index (χ0) is 14.5. The summed E-state index contributed by atoms with van der Waals surface area (Å²) in [5.41, 5.74) is 2.58. The summed E-state index contributed by atoms with van der Waals surface area (Å²) in [6, 6.07) is 4.54. The molecule has 0 radical (unpaired) electrons. The van der Waals surface area contributed by atoms with Crippen molar-refractivity contribution in [1.82, 2.24) is 4.98 Å². The first-order valence-corrected chi connectivity index (χ1v) is 11.4. The molecule has 3 rings (SSSR count). The third-order valence-electron chi connectivity index (χ3n) is 4.44. The molecular weight excluding hydrogens is 409 g/mol. The molecule has 1 saturated carbocycles. The molecule has 2 atom stereocenters. The predicted octanol–water partition coefficient (Wildman–Crippen LogP) is 6.04. The lowest BCUT2D eigenvalue weighted by atomic mass is 10.0. The number of aromatic nitrogens is 1. The van der Waals surface area contributed by atoms with E-state index in [0.717, 1.165) is 22.0 Å². The van der Waals surface area contributed by atoms with Crippen molar-refractivity contribution in [2.24, 2.45) is 0 Å². The van der Waals surface area contributed by atoms with Crippen molar-refractivity contribution in [1.29, 1.82) is 0 Å². The van der Waals surface area contributed by atoms with Gasteiger partial charge in [0.15, 0.2) is 0 Å². The van der Waals surface area contributed by atoms with Crippen LogP contribution in [0.3, 0.4) is 0 Å². The maximum absolute atomic E-state index is 4.89. The summed E-state index contributed by atoms with van der Waals surface area (Å²) in [5, 5.41) is 1.71. The molecule has 1 nitrogen and oxygen atoms in total. The molecule has 0 spiro atoms. The van der Waals surface area contributed by atoms with Crippen molar-refractivity contribution in [3.63, 3.8) is 0 Å². The molecule has 1 aromatic rings. The largest absolute Gasteiger partial charge is 0.256 e.